The van der Waals surface area contributed by atoms with Crippen molar-refractivity contribution in [3.63, 3.8) is 0 Å². The van der Waals surface area contributed by atoms with Gasteiger partial charge in [0.25, 0.3) is 5.89 Å². The summed E-state index contributed by atoms with van der Waals surface area (Å²) in [7, 11) is 1.60. The summed E-state index contributed by atoms with van der Waals surface area (Å²) >= 11 is 0. The molecule has 0 aliphatic rings. The summed E-state index contributed by atoms with van der Waals surface area (Å²) in [6.45, 7) is 3.72. The van der Waals surface area contributed by atoms with Gasteiger partial charge in [-0.05, 0) is 19.9 Å². The third kappa shape index (κ3) is 2.26. The largest absolute Gasteiger partial charge is 0.397 e. The summed E-state index contributed by atoms with van der Waals surface area (Å²) in [5, 5.41) is 3.89. The standard InChI is InChI=1S/C11H14N4O2/c1-11(2,16-3)10-14-9(17-15-10)7-4-8(12)6-13-5-7/h4-6H,12H2,1-3H3. The third-order valence-electron chi connectivity index (χ3n) is 2.48. The van der Waals surface area contributed by atoms with Crippen LogP contribution < -0.4 is 5.73 Å². The maximum Gasteiger partial charge on any atom is 0.259 e. The smallest absolute Gasteiger partial charge is 0.259 e. The van der Waals surface area contributed by atoms with Gasteiger partial charge in [0.05, 0.1) is 11.3 Å². The highest BCUT2D eigenvalue weighted by atomic mass is 16.5. The van der Waals surface area contributed by atoms with Gasteiger partial charge in [0.1, 0.15) is 5.60 Å². The maximum atomic E-state index is 5.64. The summed E-state index contributed by atoms with van der Waals surface area (Å²) in [5.41, 5.74) is 6.29. The van der Waals surface area contributed by atoms with Gasteiger partial charge in [0.15, 0.2) is 0 Å². The van der Waals surface area contributed by atoms with Gasteiger partial charge in [0, 0.05) is 19.5 Å². The lowest BCUT2D eigenvalue weighted by Crippen LogP contribution is -2.21. The third-order valence-corrected chi connectivity index (χ3v) is 2.48. The SMILES string of the molecule is COC(C)(C)c1noc(-c2cncc(N)c2)n1. The van der Waals surface area contributed by atoms with Crippen LogP contribution in [0.4, 0.5) is 5.69 Å². The predicted molar refractivity (Wildman–Crippen MR) is 62.0 cm³/mol. The Kier molecular flexibility index (Phi) is 2.81. The molecule has 2 N–H and O–H groups in total. The first-order valence-corrected chi connectivity index (χ1v) is 5.13. The van der Waals surface area contributed by atoms with E-state index < -0.39 is 5.60 Å². The van der Waals surface area contributed by atoms with Crippen LogP contribution in [0.1, 0.15) is 19.7 Å². The van der Waals surface area contributed by atoms with Gasteiger partial charge in [0.2, 0.25) is 5.82 Å². The zero-order valence-corrected chi connectivity index (χ0v) is 9.97. The number of methoxy groups -OCH3 is 1. The van der Waals surface area contributed by atoms with Crippen LogP contribution in [0.15, 0.2) is 23.0 Å². The van der Waals surface area contributed by atoms with E-state index in [0.29, 0.717) is 23.0 Å². The summed E-state index contributed by atoms with van der Waals surface area (Å²) in [6.07, 6.45) is 3.17. The molecule has 0 fully saturated rings. The van der Waals surface area contributed by atoms with E-state index in [1.54, 1.807) is 25.6 Å². The second-order valence-electron chi connectivity index (χ2n) is 4.14. The number of pyridine rings is 1. The molecule has 0 bridgehead atoms. The summed E-state index contributed by atoms with van der Waals surface area (Å²) in [4.78, 5) is 8.23. The minimum Gasteiger partial charge on any atom is -0.397 e. The monoisotopic (exact) mass is 234 g/mol. The van der Waals surface area contributed by atoms with Gasteiger partial charge < -0.3 is 15.0 Å². The summed E-state index contributed by atoms with van der Waals surface area (Å²) in [6, 6.07) is 1.73. The van der Waals surface area contributed by atoms with Crippen molar-refractivity contribution in [2.45, 2.75) is 19.4 Å². The zero-order valence-electron chi connectivity index (χ0n) is 9.97. The van der Waals surface area contributed by atoms with Gasteiger partial charge in [-0.2, -0.15) is 4.98 Å². The quantitative estimate of drug-likeness (QED) is 0.867. The number of aromatic nitrogens is 3. The van der Waals surface area contributed by atoms with Crippen molar-refractivity contribution in [1.82, 2.24) is 15.1 Å². The van der Waals surface area contributed by atoms with Crippen LogP contribution >= 0.6 is 0 Å². The molecule has 2 aromatic heterocycles. The lowest BCUT2D eigenvalue weighted by atomic mass is 10.1. The van der Waals surface area contributed by atoms with Crippen LogP contribution in [0.25, 0.3) is 11.5 Å². The molecule has 0 aliphatic heterocycles. The van der Waals surface area contributed by atoms with Crippen molar-refractivity contribution >= 4 is 5.69 Å². The molecule has 0 saturated carbocycles. The Morgan fingerprint density at radius 1 is 1.35 bits per heavy atom. The Bertz CT molecular complexity index is 522. The molecular formula is C11H14N4O2. The van der Waals surface area contributed by atoms with Crippen molar-refractivity contribution in [2.24, 2.45) is 0 Å². The molecule has 0 atom stereocenters. The summed E-state index contributed by atoms with van der Waals surface area (Å²) in [5.74, 6) is 0.863. The first kappa shape index (κ1) is 11.5. The molecule has 0 radical (unpaired) electrons. The highest BCUT2D eigenvalue weighted by Gasteiger charge is 2.26. The van der Waals surface area contributed by atoms with Gasteiger partial charge in [-0.15, -0.1) is 0 Å². The van der Waals surface area contributed by atoms with Crippen LogP contribution in [0.5, 0.6) is 0 Å². The molecule has 2 heterocycles. The van der Waals surface area contributed by atoms with Crippen molar-refractivity contribution in [1.29, 1.82) is 0 Å². The van der Waals surface area contributed by atoms with E-state index >= 15 is 0 Å². The van der Waals surface area contributed by atoms with Crippen molar-refractivity contribution in [3.8, 4) is 11.5 Å². The Morgan fingerprint density at radius 2 is 2.12 bits per heavy atom. The fourth-order valence-electron chi connectivity index (χ4n) is 1.25. The number of anilines is 1. The molecule has 0 saturated heterocycles. The first-order chi connectivity index (χ1) is 8.03. The minimum atomic E-state index is -0.588. The number of rotatable bonds is 3. The molecule has 0 amide bonds. The zero-order chi connectivity index (χ0) is 12.5. The number of hydrogen-bond donors (Lipinski definition) is 1. The highest BCUT2D eigenvalue weighted by molar-refractivity contribution is 5.57. The maximum absolute atomic E-state index is 5.64. The Hall–Kier alpha value is -1.95. The normalized spacial score (nSPS) is 11.7. The van der Waals surface area contributed by atoms with Gasteiger partial charge in [-0.3, -0.25) is 4.98 Å². The summed E-state index contributed by atoms with van der Waals surface area (Å²) < 4.78 is 10.4. The van der Waals surface area contributed by atoms with Crippen molar-refractivity contribution < 1.29 is 9.26 Å². The Morgan fingerprint density at radius 3 is 2.76 bits per heavy atom. The van der Waals surface area contributed by atoms with Crippen LogP contribution in [0, 0.1) is 0 Å². The second-order valence-corrected chi connectivity index (χ2v) is 4.14. The van der Waals surface area contributed by atoms with E-state index in [2.05, 4.69) is 15.1 Å². The molecule has 17 heavy (non-hydrogen) atoms. The van der Waals surface area contributed by atoms with E-state index in [-0.39, 0.29) is 0 Å². The number of ether oxygens (including phenoxy) is 1. The number of nitrogens with two attached hydrogens (primary N) is 1. The molecular weight excluding hydrogens is 220 g/mol. The van der Waals surface area contributed by atoms with Crippen LogP contribution in [-0.4, -0.2) is 22.2 Å². The fourth-order valence-corrected chi connectivity index (χ4v) is 1.25. The second kappa shape index (κ2) is 4.14. The average Bonchev–Trinajstić information content (AvgIpc) is 2.79. The lowest BCUT2D eigenvalue weighted by molar-refractivity contribution is 0.00973. The van der Waals surface area contributed by atoms with E-state index in [1.807, 2.05) is 13.8 Å². The van der Waals surface area contributed by atoms with E-state index in [1.165, 1.54) is 0 Å². The molecule has 0 aliphatic carbocycles. The number of nitrogens with zero attached hydrogens (tertiary/aromatic N) is 3. The molecule has 0 spiro atoms. The lowest BCUT2D eigenvalue weighted by Gasteiger charge is -2.17. The van der Waals surface area contributed by atoms with Crippen LogP contribution in [0.2, 0.25) is 0 Å². The number of nitrogen functional groups attached to an aromatic ring is 1. The average molecular weight is 234 g/mol. The van der Waals surface area contributed by atoms with Gasteiger partial charge in [-0.25, -0.2) is 0 Å². The Balaban J connectivity index is 2.36. The molecule has 0 unspecified atom stereocenters. The molecule has 0 aromatic carbocycles. The molecule has 6 heteroatoms. The van der Waals surface area contributed by atoms with Crippen LogP contribution in [-0.2, 0) is 10.3 Å². The van der Waals surface area contributed by atoms with E-state index in [0.717, 1.165) is 0 Å². The molecule has 6 nitrogen and oxygen atoms in total. The van der Waals surface area contributed by atoms with Gasteiger partial charge >= 0.3 is 0 Å². The van der Waals surface area contributed by atoms with Crippen molar-refractivity contribution in [3.05, 3.63) is 24.3 Å². The highest BCUT2D eigenvalue weighted by Crippen LogP contribution is 2.24. The van der Waals surface area contributed by atoms with Crippen LogP contribution in [0.3, 0.4) is 0 Å². The Labute approximate surface area is 98.8 Å². The van der Waals surface area contributed by atoms with Gasteiger partial charge in [-0.1, -0.05) is 5.16 Å². The predicted octanol–water partition coefficient (Wildman–Crippen LogP) is 1.60. The van der Waals surface area contributed by atoms with Crippen molar-refractivity contribution in [2.75, 3.05) is 12.8 Å². The fraction of sp³-hybridized carbons (Fsp3) is 0.364. The van der Waals surface area contributed by atoms with E-state index in [4.69, 9.17) is 15.0 Å². The minimum absolute atomic E-state index is 0.380. The molecule has 90 valence electrons. The molecule has 2 aromatic rings. The van der Waals surface area contributed by atoms with E-state index in [9.17, 15) is 0 Å². The first-order valence-electron chi connectivity index (χ1n) is 5.13. The molecule has 2 rings (SSSR count). The number of hydrogen-bond acceptors (Lipinski definition) is 6. The topological polar surface area (TPSA) is 87.1 Å².